The van der Waals surface area contributed by atoms with E-state index in [4.69, 9.17) is 5.73 Å². The van der Waals surface area contributed by atoms with Crippen LogP contribution in [0.5, 0.6) is 0 Å². The van der Waals surface area contributed by atoms with Crippen molar-refractivity contribution in [1.29, 1.82) is 5.26 Å². The van der Waals surface area contributed by atoms with E-state index in [1.54, 1.807) is 0 Å². The van der Waals surface area contributed by atoms with Gasteiger partial charge in [-0.15, -0.1) is 0 Å². The lowest BCUT2D eigenvalue weighted by Gasteiger charge is -2.34. The van der Waals surface area contributed by atoms with Gasteiger partial charge in [0.2, 0.25) is 0 Å². The zero-order chi connectivity index (χ0) is 14.8. The molecule has 21 heavy (non-hydrogen) atoms. The minimum atomic E-state index is 0.150. The average molecular weight is 281 g/mol. The molecule has 0 radical (unpaired) electrons. The number of nitrogens with one attached hydrogen (secondary N) is 1. The normalized spacial score (nSPS) is 17.5. The van der Waals surface area contributed by atoms with Gasteiger partial charge in [0.1, 0.15) is 11.9 Å². The summed E-state index contributed by atoms with van der Waals surface area (Å²) in [6.45, 7) is 6.05. The number of benzene rings is 1. The topological polar surface area (TPSA) is 78.0 Å². The third-order valence-corrected chi connectivity index (χ3v) is 4.19. The summed E-state index contributed by atoms with van der Waals surface area (Å²) in [4.78, 5) is 6.75. The summed E-state index contributed by atoms with van der Waals surface area (Å²) in [6, 6.07) is 10.3. The molecule has 0 spiro atoms. The first-order chi connectivity index (χ1) is 10.2. The highest BCUT2D eigenvalue weighted by Crippen LogP contribution is 2.32. The molecule has 5 heteroatoms. The van der Waals surface area contributed by atoms with Crippen LogP contribution >= 0.6 is 0 Å². The van der Waals surface area contributed by atoms with E-state index in [0.717, 1.165) is 42.6 Å². The minimum absolute atomic E-state index is 0.150. The van der Waals surface area contributed by atoms with Crippen LogP contribution in [0.25, 0.3) is 10.9 Å². The van der Waals surface area contributed by atoms with Crippen molar-refractivity contribution >= 4 is 16.7 Å². The van der Waals surface area contributed by atoms with Gasteiger partial charge in [0.15, 0.2) is 0 Å². The second-order valence-electron chi connectivity index (χ2n) is 5.38. The van der Waals surface area contributed by atoms with Gasteiger partial charge in [-0.05, 0) is 18.6 Å². The van der Waals surface area contributed by atoms with Crippen molar-refractivity contribution < 1.29 is 0 Å². The molecule has 1 aromatic carbocycles. The third-order valence-electron chi connectivity index (χ3n) is 4.19. The molecule has 0 saturated carbocycles. The number of anilines is 1. The quantitative estimate of drug-likeness (QED) is 0.875. The molecular formula is C16H19N5. The molecule has 108 valence electrons. The van der Waals surface area contributed by atoms with Crippen LogP contribution in [0.2, 0.25) is 0 Å². The first-order valence-corrected chi connectivity index (χ1v) is 7.25. The lowest BCUT2D eigenvalue weighted by atomic mass is 9.96. The molecule has 2 heterocycles. The summed E-state index contributed by atoms with van der Waals surface area (Å²) < 4.78 is 0. The van der Waals surface area contributed by atoms with Crippen LogP contribution in [-0.2, 0) is 0 Å². The van der Waals surface area contributed by atoms with Gasteiger partial charge in [0, 0.05) is 37.6 Å². The molecule has 1 aromatic heterocycles. The van der Waals surface area contributed by atoms with Gasteiger partial charge in [-0.3, -0.25) is 4.90 Å². The Labute approximate surface area is 124 Å². The largest absolute Gasteiger partial charge is 0.383 e. The van der Waals surface area contributed by atoms with Crippen LogP contribution < -0.4 is 11.1 Å². The highest BCUT2D eigenvalue weighted by Gasteiger charge is 2.24. The monoisotopic (exact) mass is 281 g/mol. The second kappa shape index (κ2) is 5.68. The number of pyridine rings is 1. The SMILES string of the molecule is CC(c1c(C#N)c(N)nc2ccccc12)N1CCNCC1. The van der Waals surface area contributed by atoms with E-state index in [-0.39, 0.29) is 6.04 Å². The van der Waals surface area contributed by atoms with Crippen LogP contribution in [0.15, 0.2) is 24.3 Å². The van der Waals surface area contributed by atoms with Gasteiger partial charge < -0.3 is 11.1 Å². The highest BCUT2D eigenvalue weighted by molar-refractivity contribution is 5.87. The number of nitrogen functional groups attached to an aromatic ring is 1. The van der Waals surface area contributed by atoms with Crippen molar-refractivity contribution in [2.24, 2.45) is 0 Å². The van der Waals surface area contributed by atoms with Crippen LogP contribution in [0.1, 0.15) is 24.1 Å². The van der Waals surface area contributed by atoms with Crippen LogP contribution in [0.3, 0.4) is 0 Å². The molecular weight excluding hydrogens is 262 g/mol. The van der Waals surface area contributed by atoms with Crippen LogP contribution in [0, 0.1) is 11.3 Å². The summed E-state index contributed by atoms with van der Waals surface area (Å²) in [5.74, 6) is 0.327. The molecule has 1 aliphatic heterocycles. The van der Waals surface area contributed by atoms with Crippen molar-refractivity contribution in [3.8, 4) is 6.07 Å². The second-order valence-corrected chi connectivity index (χ2v) is 5.38. The maximum absolute atomic E-state index is 9.51. The number of nitrogens with two attached hydrogens (primary N) is 1. The fraction of sp³-hybridized carbons (Fsp3) is 0.375. The zero-order valence-electron chi connectivity index (χ0n) is 12.1. The summed E-state index contributed by atoms with van der Waals surface area (Å²) in [6.07, 6.45) is 0. The first kappa shape index (κ1) is 13.8. The van der Waals surface area contributed by atoms with E-state index in [9.17, 15) is 5.26 Å². The third kappa shape index (κ3) is 2.44. The molecule has 3 N–H and O–H groups in total. The van der Waals surface area contributed by atoms with E-state index in [2.05, 4.69) is 28.2 Å². The summed E-state index contributed by atoms with van der Waals surface area (Å²) >= 11 is 0. The predicted molar refractivity (Wildman–Crippen MR) is 83.7 cm³/mol. The Balaban J connectivity index is 2.17. The van der Waals surface area contributed by atoms with Crippen molar-refractivity contribution in [1.82, 2.24) is 15.2 Å². The lowest BCUT2D eigenvalue weighted by molar-refractivity contribution is 0.186. The van der Waals surface area contributed by atoms with E-state index >= 15 is 0 Å². The van der Waals surface area contributed by atoms with Crippen LogP contribution in [-0.4, -0.2) is 36.1 Å². The Bertz CT molecular complexity index is 698. The van der Waals surface area contributed by atoms with Gasteiger partial charge >= 0.3 is 0 Å². The maximum Gasteiger partial charge on any atom is 0.142 e. The molecule has 5 nitrogen and oxygen atoms in total. The number of rotatable bonds is 2. The summed E-state index contributed by atoms with van der Waals surface area (Å²) in [5.41, 5.74) is 8.37. The Morgan fingerprint density at radius 3 is 2.76 bits per heavy atom. The van der Waals surface area contributed by atoms with Gasteiger partial charge in [0.05, 0.1) is 11.1 Å². The summed E-state index contributed by atoms with van der Waals surface area (Å²) in [7, 11) is 0. The fourth-order valence-corrected chi connectivity index (χ4v) is 3.06. The van der Waals surface area contributed by atoms with Crippen molar-refractivity contribution in [3.63, 3.8) is 0 Å². The molecule has 1 unspecified atom stereocenters. The number of hydrogen-bond donors (Lipinski definition) is 2. The number of piperazine rings is 1. The van der Waals surface area contributed by atoms with E-state index in [1.807, 2.05) is 24.3 Å². The molecule has 2 aromatic rings. The number of hydrogen-bond acceptors (Lipinski definition) is 5. The van der Waals surface area contributed by atoms with Crippen molar-refractivity contribution in [2.75, 3.05) is 31.9 Å². The van der Waals surface area contributed by atoms with Crippen molar-refractivity contribution in [3.05, 3.63) is 35.4 Å². The Hall–Kier alpha value is -2.16. The number of nitrogens with zero attached hydrogens (tertiary/aromatic N) is 3. The summed E-state index contributed by atoms with van der Waals surface area (Å²) in [5, 5.41) is 13.9. The first-order valence-electron chi connectivity index (χ1n) is 7.25. The van der Waals surface area contributed by atoms with Gasteiger partial charge in [-0.1, -0.05) is 18.2 Å². The number of aromatic nitrogens is 1. The maximum atomic E-state index is 9.51. The van der Waals surface area contributed by atoms with Gasteiger partial charge in [0.25, 0.3) is 0 Å². The van der Waals surface area contributed by atoms with E-state index < -0.39 is 0 Å². The molecule has 1 aliphatic rings. The minimum Gasteiger partial charge on any atom is -0.383 e. The Morgan fingerprint density at radius 2 is 2.05 bits per heavy atom. The molecule has 0 aliphatic carbocycles. The van der Waals surface area contributed by atoms with E-state index in [0.29, 0.717) is 11.4 Å². The van der Waals surface area contributed by atoms with E-state index in [1.165, 1.54) is 0 Å². The van der Waals surface area contributed by atoms with Gasteiger partial charge in [-0.25, -0.2) is 4.98 Å². The molecule has 0 bridgehead atoms. The van der Waals surface area contributed by atoms with Crippen LogP contribution in [0.4, 0.5) is 5.82 Å². The fourth-order valence-electron chi connectivity index (χ4n) is 3.06. The molecule has 1 saturated heterocycles. The molecule has 1 fully saturated rings. The standard InChI is InChI=1S/C16H19N5/c1-11(21-8-6-19-7-9-21)15-12-4-2-3-5-14(12)20-16(18)13(15)10-17/h2-5,11,19H,6-9H2,1H3,(H2,18,20). The number of fused-ring (bicyclic) bond motifs is 1. The Morgan fingerprint density at radius 1 is 1.33 bits per heavy atom. The van der Waals surface area contributed by atoms with Gasteiger partial charge in [-0.2, -0.15) is 5.26 Å². The smallest absolute Gasteiger partial charge is 0.142 e. The average Bonchev–Trinajstić information content (AvgIpc) is 2.53. The highest BCUT2D eigenvalue weighted by atomic mass is 15.2. The molecule has 0 amide bonds. The number of para-hydroxylation sites is 1. The number of nitriles is 1. The van der Waals surface area contributed by atoms with Crippen molar-refractivity contribution in [2.45, 2.75) is 13.0 Å². The Kier molecular flexibility index (Phi) is 3.74. The predicted octanol–water partition coefficient (Wildman–Crippen LogP) is 1.65. The zero-order valence-corrected chi connectivity index (χ0v) is 12.1. The molecule has 3 rings (SSSR count). The lowest BCUT2D eigenvalue weighted by Crippen LogP contribution is -2.44. The molecule has 1 atom stereocenters.